The van der Waals surface area contributed by atoms with E-state index in [9.17, 15) is 15.0 Å². The molecule has 0 amide bonds. The van der Waals surface area contributed by atoms with Crippen LogP contribution in [0.3, 0.4) is 0 Å². The van der Waals surface area contributed by atoms with Crippen LogP contribution >= 0.6 is 0 Å². The van der Waals surface area contributed by atoms with Gasteiger partial charge in [-0.15, -0.1) is 0 Å². The molecule has 0 aromatic carbocycles. The smallest absolute Gasteiger partial charge is 1.00 e. The monoisotopic (exact) mass is 588 g/mol. The minimum Gasteiger partial charge on any atom is -1.00 e. The van der Waals surface area contributed by atoms with Gasteiger partial charge in [-0.1, -0.05) is 25.5 Å². The van der Waals surface area contributed by atoms with Gasteiger partial charge in [0.1, 0.15) is 5.78 Å². The van der Waals surface area contributed by atoms with E-state index < -0.39 is 0 Å². The maximum absolute atomic E-state index is 12.3. The zero-order valence-electron chi connectivity index (χ0n) is 28.5. The van der Waals surface area contributed by atoms with Crippen LogP contribution in [0, 0.1) is 70.0 Å². The first-order chi connectivity index (χ1) is 19.7. The van der Waals surface area contributed by atoms with Crippen LogP contribution < -0.4 is 29.6 Å². The minimum absolute atomic E-state index is 0. The van der Waals surface area contributed by atoms with Gasteiger partial charge in [0.2, 0.25) is 0 Å². The summed E-state index contributed by atoms with van der Waals surface area (Å²) in [6.45, 7) is 7.10. The molecule has 8 fully saturated rings. The average Bonchev–Trinajstić information content (AvgIpc) is 3.48. The van der Waals surface area contributed by atoms with E-state index in [0.717, 1.165) is 98.2 Å². The standard InChI is InChI=1S/C20H32O.C18H28O2.Na.H/c1-3-14-5-9-19-18-7-4-13-12-15(21)6-8-16(13)17(18)10-11-20(14,19)2;1-18-9-8-14-13-5-3-12(19)10-11(13)2-4-15(14)16(18)6-7-17(18)20;;/h3,13,15-19,21H,4-12H2,1-2H3;11-16,19H,2-10H2,1H3;;/q;;+1;-1/t13-,15+,16+,17-,18-,19+,20-;11-,12+,13+,14-,15-,16+,18+;;/m11../s1. The Morgan fingerprint density at radius 1 is 0.619 bits per heavy atom. The van der Waals surface area contributed by atoms with E-state index in [1.54, 1.807) is 5.57 Å². The predicted molar refractivity (Wildman–Crippen MR) is 166 cm³/mol. The van der Waals surface area contributed by atoms with Crippen molar-refractivity contribution < 1.29 is 46.0 Å². The van der Waals surface area contributed by atoms with Gasteiger partial charge in [0.25, 0.3) is 0 Å². The number of rotatable bonds is 0. The van der Waals surface area contributed by atoms with E-state index in [-0.39, 0.29) is 48.6 Å². The maximum Gasteiger partial charge on any atom is 1.00 e. The van der Waals surface area contributed by atoms with Gasteiger partial charge in [0.05, 0.1) is 12.2 Å². The first-order valence-corrected chi connectivity index (χ1v) is 18.3. The van der Waals surface area contributed by atoms with E-state index in [0.29, 0.717) is 17.1 Å². The Labute approximate surface area is 280 Å². The Bertz CT molecular complexity index is 1030. The molecule has 42 heavy (non-hydrogen) atoms. The van der Waals surface area contributed by atoms with Gasteiger partial charge >= 0.3 is 29.6 Å². The van der Waals surface area contributed by atoms with Crippen molar-refractivity contribution in [3.05, 3.63) is 11.6 Å². The van der Waals surface area contributed by atoms with Crippen LogP contribution in [0.5, 0.6) is 0 Å². The van der Waals surface area contributed by atoms with Crippen molar-refractivity contribution in [2.75, 3.05) is 0 Å². The molecule has 232 valence electrons. The minimum atomic E-state index is -0.0327. The molecule has 14 atom stereocenters. The third-order valence-electron chi connectivity index (χ3n) is 15.8. The van der Waals surface area contributed by atoms with Crippen LogP contribution in [-0.2, 0) is 4.79 Å². The van der Waals surface area contributed by atoms with Crippen molar-refractivity contribution >= 4 is 5.78 Å². The number of fused-ring (bicyclic) bond motifs is 10. The maximum atomic E-state index is 12.3. The molecule has 0 spiro atoms. The van der Waals surface area contributed by atoms with Gasteiger partial charge in [-0.25, -0.2) is 0 Å². The largest absolute Gasteiger partial charge is 1.00 e. The van der Waals surface area contributed by atoms with Crippen LogP contribution in [0.15, 0.2) is 11.6 Å². The molecule has 2 N–H and O–H groups in total. The molecule has 0 saturated heterocycles. The molecular weight excluding hydrogens is 527 g/mol. The molecule has 4 heteroatoms. The number of carbonyl (C=O) groups excluding carboxylic acids is 1. The predicted octanol–water partition coefficient (Wildman–Crippen LogP) is 5.63. The molecule has 0 unspecified atom stereocenters. The molecule has 0 bridgehead atoms. The van der Waals surface area contributed by atoms with Crippen molar-refractivity contribution in [1.82, 2.24) is 0 Å². The van der Waals surface area contributed by atoms with Crippen molar-refractivity contribution in [3.63, 3.8) is 0 Å². The molecule has 8 aliphatic rings. The van der Waals surface area contributed by atoms with Crippen LogP contribution in [-0.4, -0.2) is 28.2 Å². The Kier molecular flexibility index (Phi) is 9.61. The second-order valence-corrected chi connectivity index (χ2v) is 17.0. The summed E-state index contributed by atoms with van der Waals surface area (Å²) in [4.78, 5) is 12.3. The summed E-state index contributed by atoms with van der Waals surface area (Å²) >= 11 is 0. The Balaban J connectivity index is 0.000000164. The van der Waals surface area contributed by atoms with Crippen molar-refractivity contribution in [2.24, 2.45) is 70.0 Å². The second kappa shape index (κ2) is 12.5. The number of aliphatic hydroxyl groups excluding tert-OH is 2. The fourth-order valence-corrected chi connectivity index (χ4v) is 13.7. The van der Waals surface area contributed by atoms with Gasteiger partial charge in [-0.05, 0) is 181 Å². The van der Waals surface area contributed by atoms with E-state index in [1.807, 2.05) is 0 Å². The van der Waals surface area contributed by atoms with Gasteiger partial charge in [-0.2, -0.15) is 0 Å². The molecule has 0 heterocycles. The summed E-state index contributed by atoms with van der Waals surface area (Å²) in [6.07, 6.45) is 24.9. The van der Waals surface area contributed by atoms with Crippen LogP contribution in [0.4, 0.5) is 0 Å². The number of hydrogen-bond donors (Lipinski definition) is 2. The van der Waals surface area contributed by atoms with Gasteiger partial charge in [0.15, 0.2) is 0 Å². The quantitative estimate of drug-likeness (QED) is 0.285. The molecule has 8 aliphatic carbocycles. The molecule has 8 rings (SSSR count). The number of carbonyl (C=O) groups is 1. The summed E-state index contributed by atoms with van der Waals surface area (Å²) in [5, 5.41) is 19.9. The summed E-state index contributed by atoms with van der Waals surface area (Å²) in [7, 11) is 0. The summed E-state index contributed by atoms with van der Waals surface area (Å²) in [5.74, 6) is 9.32. The zero-order valence-corrected chi connectivity index (χ0v) is 29.5. The molecular formula is C38H61NaO3. The summed E-state index contributed by atoms with van der Waals surface area (Å²) in [5.41, 5.74) is 2.34. The van der Waals surface area contributed by atoms with Crippen LogP contribution in [0.1, 0.15) is 138 Å². The van der Waals surface area contributed by atoms with Gasteiger partial charge in [0, 0.05) is 11.8 Å². The van der Waals surface area contributed by atoms with Gasteiger partial charge < -0.3 is 11.6 Å². The first-order valence-electron chi connectivity index (χ1n) is 18.3. The van der Waals surface area contributed by atoms with Crippen molar-refractivity contribution in [3.8, 4) is 0 Å². The number of aliphatic hydroxyl groups is 2. The summed E-state index contributed by atoms with van der Waals surface area (Å²) < 4.78 is 0. The molecule has 0 aromatic rings. The third kappa shape index (κ3) is 5.32. The Morgan fingerprint density at radius 2 is 1.10 bits per heavy atom. The SMILES string of the molecule is CC=C1CC[C@H]2[C@@H]3CC[C@@H]4C[C@@H](O)CC[C@@H]4[C@H]3CC[C@]12C.C[C@]12CC[C@H]3[C@@H](CC[C@@H]4C[C@@H](O)CC[C@@H]43)[C@@H]1CCC2=O.[H-].[Na+]. The van der Waals surface area contributed by atoms with Crippen molar-refractivity contribution in [1.29, 1.82) is 0 Å². The normalized spacial score (nSPS) is 53.6. The fourth-order valence-electron chi connectivity index (χ4n) is 13.7. The number of allylic oxidation sites excluding steroid dienone is 2. The molecule has 0 aromatic heterocycles. The molecule has 0 radical (unpaired) electrons. The van der Waals surface area contributed by atoms with Gasteiger partial charge in [-0.3, -0.25) is 4.79 Å². The molecule has 0 aliphatic heterocycles. The number of Topliss-reactive ketones (excluding diaryl/α,β-unsaturated/α-hetero) is 1. The number of ketones is 1. The Morgan fingerprint density at radius 3 is 1.64 bits per heavy atom. The molecule has 3 nitrogen and oxygen atoms in total. The Hall–Kier alpha value is 0.330. The fraction of sp³-hybridized carbons (Fsp3) is 0.921. The van der Waals surface area contributed by atoms with E-state index in [1.165, 1.54) is 70.6 Å². The first kappa shape index (κ1) is 32.3. The summed E-state index contributed by atoms with van der Waals surface area (Å²) in [6, 6.07) is 0. The van der Waals surface area contributed by atoms with E-state index >= 15 is 0 Å². The third-order valence-corrected chi connectivity index (χ3v) is 15.8. The van der Waals surface area contributed by atoms with E-state index in [2.05, 4.69) is 26.8 Å². The zero-order chi connectivity index (χ0) is 28.5. The van der Waals surface area contributed by atoms with Crippen LogP contribution in [0.2, 0.25) is 0 Å². The number of hydrogen-bond acceptors (Lipinski definition) is 3. The second-order valence-electron chi connectivity index (χ2n) is 17.0. The topological polar surface area (TPSA) is 57.5 Å². The van der Waals surface area contributed by atoms with E-state index in [4.69, 9.17) is 0 Å². The average molecular weight is 589 g/mol. The van der Waals surface area contributed by atoms with Crippen LogP contribution in [0.25, 0.3) is 0 Å². The molecule has 8 saturated carbocycles. The van der Waals surface area contributed by atoms with Crippen molar-refractivity contribution in [2.45, 2.75) is 149 Å².